The van der Waals surface area contributed by atoms with Gasteiger partial charge in [-0.1, -0.05) is 112 Å². The quantitative estimate of drug-likeness (QED) is 0.0194. The average Bonchev–Trinajstić information content (AvgIpc) is 1.05. The van der Waals surface area contributed by atoms with Gasteiger partial charge in [0.2, 0.25) is 0 Å². The maximum atomic E-state index is 11.0. The minimum Gasteiger partial charge on any atom is -0.493 e. The van der Waals surface area contributed by atoms with Crippen molar-refractivity contribution in [3.8, 4) is 51.7 Å². The second-order valence-electron chi connectivity index (χ2n) is 32.3. The molecule has 8 aliphatic rings. The molecule has 0 amide bonds. The van der Waals surface area contributed by atoms with Gasteiger partial charge in [-0.3, -0.25) is 4.79 Å². The Balaban J connectivity index is 0.000000161. The Morgan fingerprint density at radius 2 is 0.556 bits per heavy atom. The molecule has 0 unspecified atom stereocenters. The van der Waals surface area contributed by atoms with Gasteiger partial charge >= 0.3 is 47.8 Å². The fourth-order valence-electron chi connectivity index (χ4n) is 14.1. The van der Waals surface area contributed by atoms with E-state index in [0.717, 1.165) is 25.7 Å². The summed E-state index contributed by atoms with van der Waals surface area (Å²) in [7, 11) is 1.56. The molecule has 124 heavy (non-hydrogen) atoms. The lowest BCUT2D eigenvalue weighted by Gasteiger charge is -2.25. The van der Waals surface area contributed by atoms with Crippen LogP contribution in [0.1, 0.15) is 251 Å². The highest BCUT2D eigenvalue weighted by atomic mass is 16.5. The highest BCUT2D eigenvalue weighted by Gasteiger charge is 2.27. The van der Waals surface area contributed by atoms with Crippen molar-refractivity contribution in [2.24, 2.45) is 35.5 Å². The second kappa shape index (κ2) is 51.6. The van der Waals surface area contributed by atoms with Crippen LogP contribution < -0.4 is 42.6 Å². The van der Waals surface area contributed by atoms with Crippen LogP contribution in [0.4, 0.5) is 0 Å². The van der Waals surface area contributed by atoms with Crippen molar-refractivity contribution in [2.45, 2.75) is 192 Å². The van der Waals surface area contributed by atoms with Crippen LogP contribution in [-0.2, 0) is 11.2 Å². The fraction of sp³-hybridized carbons (Fsp3) is 0.434. The Morgan fingerprint density at radius 1 is 0.258 bits per heavy atom. The lowest BCUT2D eigenvalue weighted by molar-refractivity contribution is -0.136. The number of carboxylic acid groups (broad SMARTS) is 8. The molecule has 0 aromatic heterocycles. The Kier molecular flexibility index (Phi) is 39.8. The number of ether oxygens (including phenoxy) is 9. The first kappa shape index (κ1) is 95.6. The molecule has 25 nitrogen and oxygen atoms in total. The van der Waals surface area contributed by atoms with E-state index in [2.05, 4.69) is 0 Å². The van der Waals surface area contributed by atoms with Gasteiger partial charge in [0.05, 0.1) is 87.6 Å². The van der Waals surface area contributed by atoms with Gasteiger partial charge in [0.1, 0.15) is 56.9 Å². The summed E-state index contributed by atoms with van der Waals surface area (Å²) in [6.07, 6.45) is 33.3. The molecule has 8 fully saturated rings. The van der Waals surface area contributed by atoms with Gasteiger partial charge in [0, 0.05) is 0 Å². The van der Waals surface area contributed by atoms with Crippen molar-refractivity contribution >= 4 is 47.8 Å². The van der Waals surface area contributed by atoms with Gasteiger partial charge in [-0.2, -0.15) is 0 Å². The molecule has 8 aliphatic carbocycles. The van der Waals surface area contributed by atoms with Gasteiger partial charge in [0.25, 0.3) is 0 Å². The minimum absolute atomic E-state index is 0.000729. The maximum Gasteiger partial charge on any atom is 0.339 e. The molecular weight excluding hydrogens is 1590 g/mol. The normalized spacial score (nSPS) is 15.9. The van der Waals surface area contributed by atoms with Gasteiger partial charge in [-0.15, -0.1) is 0 Å². The Hall–Kier alpha value is -12.3. The van der Waals surface area contributed by atoms with Crippen LogP contribution >= 0.6 is 0 Å². The van der Waals surface area contributed by atoms with Crippen molar-refractivity contribution in [3.63, 3.8) is 0 Å². The smallest absolute Gasteiger partial charge is 0.339 e. The number of benzene rings is 8. The third-order valence-electron chi connectivity index (χ3n) is 22.1. The zero-order valence-corrected chi connectivity index (χ0v) is 70.6. The van der Waals surface area contributed by atoms with E-state index in [9.17, 15) is 38.4 Å². The Labute approximate surface area is 724 Å². The van der Waals surface area contributed by atoms with E-state index in [0.29, 0.717) is 132 Å². The van der Waals surface area contributed by atoms with Crippen LogP contribution in [0.5, 0.6) is 51.7 Å². The van der Waals surface area contributed by atoms with E-state index < -0.39 is 47.8 Å². The molecule has 16 rings (SSSR count). The molecule has 0 atom stereocenters. The lowest BCUT2D eigenvalue weighted by atomic mass is 9.86. The largest absolute Gasteiger partial charge is 0.493 e. The number of aliphatic carboxylic acids is 1. The summed E-state index contributed by atoms with van der Waals surface area (Å²) in [6, 6.07) is 52.3. The first-order valence-electron chi connectivity index (χ1n) is 43.3. The van der Waals surface area contributed by atoms with Gasteiger partial charge in [-0.25, -0.2) is 33.6 Å². The Morgan fingerprint density at radius 3 is 0.887 bits per heavy atom. The van der Waals surface area contributed by atoms with E-state index in [-0.39, 0.29) is 57.6 Å². The number of rotatable bonds is 32. The summed E-state index contributed by atoms with van der Waals surface area (Å²) in [5.74, 6) is 2.00. The van der Waals surface area contributed by atoms with Crippen molar-refractivity contribution in [1.82, 2.24) is 0 Å². The zero-order valence-electron chi connectivity index (χ0n) is 70.6. The highest BCUT2D eigenvalue weighted by molar-refractivity contribution is 5.93. The van der Waals surface area contributed by atoms with Gasteiger partial charge in [-0.05, 0) is 291 Å². The third kappa shape index (κ3) is 35.7. The number of methoxy groups -OCH3 is 1. The predicted octanol–water partition coefficient (Wildman–Crippen LogP) is 21.1. The van der Waals surface area contributed by atoms with Crippen LogP contribution in [0.25, 0.3) is 0 Å². The van der Waals surface area contributed by atoms with E-state index in [4.69, 9.17) is 83.5 Å². The SMILES string of the molecule is COc1cc(CC(=O)O)ccc1OCC1CC1.O=C(O)c1cccc(OC2CCCC2)c1.O=C(O)c1cccc(OCC2CC2)c1.O=C(O)c1cccc(OCC2CCC2)c1.O=C(O)c1cccc(OCC2CCCCC2)c1.O=C(O)c1ccccc1OC1CCCC1.O=C(O)c1ccccc1OCC1CC1.O=C(O)c1ccccc1OCC1CCCCC1. The topological polar surface area (TPSA) is 381 Å². The first-order valence-corrected chi connectivity index (χ1v) is 43.3. The summed E-state index contributed by atoms with van der Waals surface area (Å²) in [5, 5.41) is 70.8. The summed E-state index contributed by atoms with van der Waals surface area (Å²) in [6.45, 7) is 4.14. The molecule has 0 bridgehead atoms. The molecule has 664 valence electrons. The standard InChI is InChI=1S/2C14H18O3.C13H16O4.3C12H14O3.2C11H12O3/c15-14(16)12-8-4-5-9-13(12)17-10-11-6-2-1-3-7-11;15-14(16)12-7-4-8-13(9-12)17-10-11-5-2-1-3-6-11;1-16-12-6-10(7-13(14)15)4-5-11(12)17-8-9-2-3-9;13-12(14)10-5-2-6-11(7-10)15-8-9-3-1-4-9;13-12(14)9-4-3-7-11(8-9)15-10-5-1-2-6-10;13-12(14)10-7-3-4-8-11(10)15-9-5-1-2-6-9;12-11(13)9-2-1-3-10(6-9)14-7-8-4-5-8;12-11(13)9-3-1-2-4-10(9)14-7-8-5-6-8/h4-5,8-9,11H,1-3,6-7,10H2,(H,15,16);4,7-9,11H,1-3,5-6,10H2,(H,15,16);4-6,9H,2-3,7-8H2,1H3,(H,14,15);2,5-7,9H,1,3-4,8H2,(H,13,14);3-4,7-8,10H,1-2,5-6H2,(H,13,14);3-4,7-9H,1-2,5-6H2,(H,13,14);1-3,6,8H,4-5,7H2,(H,12,13);1-4,8H,5-7H2,(H,12,13). The number of aromatic carboxylic acids is 7. The van der Waals surface area contributed by atoms with Crippen LogP contribution in [0.15, 0.2) is 188 Å². The molecule has 0 aliphatic heterocycles. The number of carboxylic acids is 8. The maximum absolute atomic E-state index is 11.0. The molecule has 0 saturated heterocycles. The third-order valence-corrected chi connectivity index (χ3v) is 22.1. The van der Waals surface area contributed by atoms with E-state index in [1.54, 1.807) is 177 Å². The van der Waals surface area contributed by atoms with Crippen molar-refractivity contribution in [2.75, 3.05) is 46.8 Å². The second-order valence-corrected chi connectivity index (χ2v) is 32.3. The molecule has 8 saturated carbocycles. The van der Waals surface area contributed by atoms with E-state index in [1.165, 1.54) is 148 Å². The molecule has 8 aromatic carbocycles. The van der Waals surface area contributed by atoms with Crippen molar-refractivity contribution in [1.29, 1.82) is 0 Å². The number of hydrogen-bond donors (Lipinski definition) is 8. The fourth-order valence-corrected chi connectivity index (χ4v) is 14.1. The van der Waals surface area contributed by atoms with Crippen LogP contribution in [-0.4, -0.2) is 148 Å². The van der Waals surface area contributed by atoms with E-state index >= 15 is 0 Å². The molecule has 25 heteroatoms. The molecular formula is C99H118O25. The van der Waals surface area contributed by atoms with Crippen molar-refractivity contribution in [3.05, 3.63) is 233 Å². The summed E-state index contributed by atoms with van der Waals surface area (Å²) in [4.78, 5) is 86.2. The van der Waals surface area contributed by atoms with Crippen LogP contribution in [0, 0.1) is 35.5 Å². The molecule has 0 radical (unpaired) electrons. The van der Waals surface area contributed by atoms with E-state index in [1.807, 2.05) is 18.2 Å². The predicted molar refractivity (Wildman–Crippen MR) is 466 cm³/mol. The molecule has 8 N–H and O–H groups in total. The van der Waals surface area contributed by atoms with Crippen molar-refractivity contribution < 1.29 is 122 Å². The van der Waals surface area contributed by atoms with Crippen LogP contribution in [0.2, 0.25) is 0 Å². The summed E-state index contributed by atoms with van der Waals surface area (Å²) >= 11 is 0. The molecule has 0 spiro atoms. The van der Waals surface area contributed by atoms with Crippen LogP contribution in [0.3, 0.4) is 0 Å². The number of hydrogen-bond acceptors (Lipinski definition) is 17. The first-order chi connectivity index (χ1) is 60.0. The van der Waals surface area contributed by atoms with Gasteiger partial charge < -0.3 is 83.5 Å². The molecule has 8 aromatic rings. The number of carbonyl (C=O) groups is 8. The van der Waals surface area contributed by atoms with Gasteiger partial charge in [0.15, 0.2) is 11.5 Å². The summed E-state index contributed by atoms with van der Waals surface area (Å²) < 4.78 is 50.0. The minimum atomic E-state index is -0.934. The average molecular weight is 1710 g/mol. The summed E-state index contributed by atoms with van der Waals surface area (Å²) in [5.41, 5.74) is 2.59. The zero-order chi connectivity index (χ0) is 88.4. The monoisotopic (exact) mass is 1710 g/mol. The Bertz CT molecular complexity index is 4670. The highest BCUT2D eigenvalue weighted by Crippen LogP contribution is 2.36. The molecule has 0 heterocycles. The lowest BCUT2D eigenvalue weighted by Crippen LogP contribution is -2.19. The number of para-hydroxylation sites is 3.